The van der Waals surface area contributed by atoms with Gasteiger partial charge in [-0.1, -0.05) is 18.2 Å². The second-order valence-corrected chi connectivity index (χ2v) is 7.83. The minimum atomic E-state index is -0.433. The van der Waals surface area contributed by atoms with Gasteiger partial charge in [-0.25, -0.2) is 0 Å². The number of amides is 1. The SMILES string of the molecule is COc1ccccc1CN1CCC(NC(=O)C(C)OCC2CCCCO2)CC1. The van der Waals surface area contributed by atoms with E-state index in [0.717, 1.165) is 57.7 Å². The lowest BCUT2D eigenvalue weighted by Crippen LogP contribution is -2.47. The van der Waals surface area contributed by atoms with E-state index in [9.17, 15) is 4.79 Å². The van der Waals surface area contributed by atoms with Gasteiger partial charge in [-0.05, 0) is 45.1 Å². The van der Waals surface area contributed by atoms with Crippen LogP contribution in [0, 0.1) is 0 Å². The van der Waals surface area contributed by atoms with E-state index in [2.05, 4.69) is 16.3 Å². The Morgan fingerprint density at radius 1 is 1.25 bits per heavy atom. The molecule has 28 heavy (non-hydrogen) atoms. The first-order chi connectivity index (χ1) is 13.7. The van der Waals surface area contributed by atoms with Gasteiger partial charge in [0.15, 0.2) is 0 Å². The molecule has 0 saturated carbocycles. The number of methoxy groups -OCH3 is 1. The Balaban J connectivity index is 1.36. The zero-order valence-corrected chi connectivity index (χ0v) is 17.2. The Bertz CT molecular complexity index is 610. The Hall–Kier alpha value is -1.63. The van der Waals surface area contributed by atoms with Crippen LogP contribution in [0.25, 0.3) is 0 Å². The number of likely N-dealkylation sites (tertiary alicyclic amines) is 1. The normalized spacial score (nSPS) is 22.6. The van der Waals surface area contributed by atoms with Crippen molar-refractivity contribution < 1.29 is 19.0 Å². The summed E-state index contributed by atoms with van der Waals surface area (Å²) in [6.45, 7) is 5.96. The van der Waals surface area contributed by atoms with Gasteiger partial charge in [0.1, 0.15) is 11.9 Å². The minimum Gasteiger partial charge on any atom is -0.496 e. The maximum Gasteiger partial charge on any atom is 0.249 e. The number of nitrogens with one attached hydrogen (secondary N) is 1. The van der Waals surface area contributed by atoms with E-state index >= 15 is 0 Å². The van der Waals surface area contributed by atoms with E-state index in [1.54, 1.807) is 7.11 Å². The molecule has 1 aromatic rings. The molecule has 6 heteroatoms. The number of carbonyl (C=O) groups excluding carboxylic acids is 1. The second kappa shape index (κ2) is 10.8. The van der Waals surface area contributed by atoms with Gasteiger partial charge in [0, 0.05) is 37.8 Å². The molecule has 3 rings (SSSR count). The molecule has 0 radical (unpaired) electrons. The highest BCUT2D eigenvalue weighted by molar-refractivity contribution is 5.80. The average molecular weight is 391 g/mol. The van der Waals surface area contributed by atoms with Crippen molar-refractivity contribution in [1.29, 1.82) is 0 Å². The molecule has 2 fully saturated rings. The summed E-state index contributed by atoms with van der Waals surface area (Å²) in [4.78, 5) is 14.9. The molecule has 2 saturated heterocycles. The van der Waals surface area contributed by atoms with Crippen LogP contribution < -0.4 is 10.1 Å². The summed E-state index contributed by atoms with van der Waals surface area (Å²) < 4.78 is 16.9. The van der Waals surface area contributed by atoms with Gasteiger partial charge >= 0.3 is 0 Å². The van der Waals surface area contributed by atoms with Gasteiger partial charge < -0.3 is 19.5 Å². The van der Waals surface area contributed by atoms with Crippen LogP contribution in [0.1, 0.15) is 44.6 Å². The van der Waals surface area contributed by atoms with E-state index in [-0.39, 0.29) is 18.1 Å². The smallest absolute Gasteiger partial charge is 0.249 e. The van der Waals surface area contributed by atoms with Gasteiger partial charge in [-0.2, -0.15) is 0 Å². The molecule has 1 N–H and O–H groups in total. The third kappa shape index (κ3) is 6.19. The molecular weight excluding hydrogens is 356 g/mol. The van der Waals surface area contributed by atoms with Gasteiger partial charge in [-0.3, -0.25) is 9.69 Å². The highest BCUT2D eigenvalue weighted by Gasteiger charge is 2.24. The fourth-order valence-corrected chi connectivity index (χ4v) is 3.89. The molecule has 0 aromatic heterocycles. The lowest BCUT2D eigenvalue weighted by molar-refractivity contribution is -0.136. The lowest BCUT2D eigenvalue weighted by atomic mass is 10.0. The highest BCUT2D eigenvalue weighted by atomic mass is 16.5. The molecule has 1 amide bonds. The zero-order chi connectivity index (χ0) is 19.8. The van der Waals surface area contributed by atoms with Crippen molar-refractivity contribution in [3.8, 4) is 5.75 Å². The summed E-state index contributed by atoms with van der Waals surface area (Å²) in [5.41, 5.74) is 1.21. The molecular formula is C22H34N2O4. The number of rotatable bonds is 8. The number of carbonyl (C=O) groups is 1. The van der Waals surface area contributed by atoms with Gasteiger partial charge in [-0.15, -0.1) is 0 Å². The monoisotopic (exact) mass is 390 g/mol. The third-order valence-corrected chi connectivity index (χ3v) is 5.70. The molecule has 156 valence electrons. The number of para-hydroxylation sites is 1. The third-order valence-electron chi connectivity index (χ3n) is 5.70. The summed E-state index contributed by atoms with van der Waals surface area (Å²) in [6.07, 6.45) is 4.96. The molecule has 1 aromatic carbocycles. The largest absolute Gasteiger partial charge is 0.496 e. The van der Waals surface area contributed by atoms with E-state index in [0.29, 0.717) is 6.61 Å². The summed E-state index contributed by atoms with van der Waals surface area (Å²) in [6, 6.07) is 8.38. The Kier molecular flexibility index (Phi) is 8.13. The predicted octanol–water partition coefficient (Wildman–Crippen LogP) is 2.75. The van der Waals surface area contributed by atoms with Crippen LogP contribution in [-0.2, 0) is 20.8 Å². The van der Waals surface area contributed by atoms with Crippen molar-refractivity contribution in [2.75, 3.05) is 33.4 Å². The average Bonchev–Trinajstić information content (AvgIpc) is 2.74. The van der Waals surface area contributed by atoms with Crippen LogP contribution in [0.15, 0.2) is 24.3 Å². The fourth-order valence-electron chi connectivity index (χ4n) is 3.89. The lowest BCUT2D eigenvalue weighted by Gasteiger charge is -2.33. The second-order valence-electron chi connectivity index (χ2n) is 7.83. The molecule has 2 heterocycles. The molecule has 2 unspecified atom stereocenters. The van der Waals surface area contributed by atoms with Crippen molar-refractivity contribution in [2.45, 2.75) is 63.8 Å². The maximum atomic E-state index is 12.4. The number of nitrogens with zero attached hydrogens (tertiary/aromatic N) is 1. The van der Waals surface area contributed by atoms with E-state index in [1.807, 2.05) is 25.1 Å². The molecule has 0 bridgehead atoms. The van der Waals surface area contributed by atoms with Crippen LogP contribution in [0.3, 0.4) is 0 Å². The first kappa shape index (κ1) is 21.1. The van der Waals surface area contributed by atoms with E-state index in [1.165, 1.54) is 12.0 Å². The molecule has 0 aliphatic carbocycles. The van der Waals surface area contributed by atoms with Crippen molar-refractivity contribution in [1.82, 2.24) is 10.2 Å². The zero-order valence-electron chi connectivity index (χ0n) is 17.2. The van der Waals surface area contributed by atoms with E-state index < -0.39 is 6.10 Å². The van der Waals surface area contributed by atoms with Crippen molar-refractivity contribution in [3.63, 3.8) is 0 Å². The van der Waals surface area contributed by atoms with Crippen LogP contribution >= 0.6 is 0 Å². The summed E-state index contributed by atoms with van der Waals surface area (Å²) in [5.74, 6) is 0.921. The van der Waals surface area contributed by atoms with Gasteiger partial charge in [0.05, 0.1) is 19.8 Å². The summed E-state index contributed by atoms with van der Waals surface area (Å²) in [5, 5.41) is 3.16. The van der Waals surface area contributed by atoms with Crippen LogP contribution in [0.4, 0.5) is 0 Å². The molecule has 2 atom stereocenters. The Morgan fingerprint density at radius 3 is 2.75 bits per heavy atom. The Labute approximate surface area is 168 Å². The van der Waals surface area contributed by atoms with Crippen molar-refractivity contribution in [2.24, 2.45) is 0 Å². The van der Waals surface area contributed by atoms with Crippen LogP contribution in [-0.4, -0.2) is 62.5 Å². The highest BCUT2D eigenvalue weighted by Crippen LogP contribution is 2.21. The van der Waals surface area contributed by atoms with Crippen molar-refractivity contribution >= 4 is 5.91 Å². The standard InChI is InChI=1S/C22H34N2O4/c1-17(28-16-20-8-5-6-14-27-20)22(25)23-19-10-12-24(13-11-19)15-18-7-3-4-9-21(18)26-2/h3-4,7,9,17,19-20H,5-6,8,10-16H2,1-2H3,(H,23,25). The first-order valence-corrected chi connectivity index (χ1v) is 10.5. The summed E-state index contributed by atoms with van der Waals surface area (Å²) >= 11 is 0. The molecule has 0 spiro atoms. The number of ether oxygens (including phenoxy) is 3. The summed E-state index contributed by atoms with van der Waals surface area (Å²) in [7, 11) is 1.71. The molecule has 2 aliphatic heterocycles. The number of piperidine rings is 1. The van der Waals surface area contributed by atoms with Gasteiger partial charge in [0.25, 0.3) is 0 Å². The van der Waals surface area contributed by atoms with Gasteiger partial charge in [0.2, 0.25) is 5.91 Å². The number of hydrogen-bond acceptors (Lipinski definition) is 5. The molecule has 2 aliphatic rings. The van der Waals surface area contributed by atoms with Crippen LogP contribution in [0.5, 0.6) is 5.75 Å². The molecule has 6 nitrogen and oxygen atoms in total. The number of benzene rings is 1. The fraction of sp³-hybridized carbons (Fsp3) is 0.682. The maximum absolute atomic E-state index is 12.4. The Morgan fingerprint density at radius 2 is 2.04 bits per heavy atom. The first-order valence-electron chi connectivity index (χ1n) is 10.5. The number of hydrogen-bond donors (Lipinski definition) is 1. The van der Waals surface area contributed by atoms with E-state index in [4.69, 9.17) is 14.2 Å². The van der Waals surface area contributed by atoms with Crippen LogP contribution in [0.2, 0.25) is 0 Å². The topological polar surface area (TPSA) is 60.0 Å². The predicted molar refractivity (Wildman–Crippen MR) is 108 cm³/mol. The quantitative estimate of drug-likeness (QED) is 0.740. The minimum absolute atomic E-state index is 0.0148. The van der Waals surface area contributed by atoms with Crippen molar-refractivity contribution in [3.05, 3.63) is 29.8 Å².